The molecule has 0 radical (unpaired) electrons. The number of aromatic nitrogens is 2. The highest BCUT2D eigenvalue weighted by Gasteiger charge is 2.22. The Morgan fingerprint density at radius 3 is 3.25 bits per heavy atom. The van der Waals surface area contributed by atoms with Gasteiger partial charge in [0.1, 0.15) is 5.82 Å². The molecule has 88 valence electrons. The van der Waals surface area contributed by atoms with Crippen LogP contribution in [0.1, 0.15) is 17.6 Å². The third-order valence-electron chi connectivity index (χ3n) is 3.32. The molecule has 1 saturated heterocycles. The summed E-state index contributed by atoms with van der Waals surface area (Å²) in [5.41, 5.74) is 1.23. The van der Waals surface area contributed by atoms with Gasteiger partial charge in [0.2, 0.25) is 0 Å². The van der Waals surface area contributed by atoms with Crippen molar-refractivity contribution >= 4 is 11.8 Å². The van der Waals surface area contributed by atoms with Crippen LogP contribution in [0.3, 0.4) is 0 Å². The van der Waals surface area contributed by atoms with E-state index in [1.54, 1.807) is 0 Å². The van der Waals surface area contributed by atoms with Crippen LogP contribution in [-0.2, 0) is 12.3 Å². The van der Waals surface area contributed by atoms with Gasteiger partial charge in [-0.3, -0.25) is 0 Å². The average molecular weight is 238 g/mol. The van der Waals surface area contributed by atoms with Crippen molar-refractivity contribution in [3.8, 4) is 0 Å². The lowest BCUT2D eigenvalue weighted by molar-refractivity contribution is 0.238. The number of likely N-dealkylation sites (N-methyl/N-ethyl adjacent to an activating group) is 1. The van der Waals surface area contributed by atoms with Crippen molar-refractivity contribution in [3.63, 3.8) is 0 Å². The van der Waals surface area contributed by atoms with E-state index in [-0.39, 0.29) is 0 Å². The molecule has 4 nitrogen and oxygen atoms in total. The number of nitrogens with one attached hydrogen (secondary N) is 1. The van der Waals surface area contributed by atoms with Gasteiger partial charge in [-0.1, -0.05) is 0 Å². The molecule has 3 rings (SSSR count). The van der Waals surface area contributed by atoms with Crippen LogP contribution >= 0.6 is 11.8 Å². The van der Waals surface area contributed by atoms with Crippen molar-refractivity contribution < 1.29 is 0 Å². The summed E-state index contributed by atoms with van der Waals surface area (Å²) in [5, 5.41) is 3.55. The molecule has 0 aromatic carbocycles. The zero-order valence-corrected chi connectivity index (χ0v) is 10.5. The minimum Gasteiger partial charge on any atom is -0.333 e. The highest BCUT2D eigenvalue weighted by molar-refractivity contribution is 7.98. The molecule has 0 spiro atoms. The molecule has 5 heteroatoms. The number of imidazole rings is 1. The van der Waals surface area contributed by atoms with Crippen LogP contribution in [0.5, 0.6) is 0 Å². The van der Waals surface area contributed by atoms with E-state index in [2.05, 4.69) is 28.0 Å². The predicted octanol–water partition coefficient (Wildman–Crippen LogP) is 0.706. The molecule has 1 unspecified atom stereocenters. The Balaban J connectivity index is 1.80. The molecule has 1 aromatic heterocycles. The maximum Gasteiger partial charge on any atom is 0.119 e. The fraction of sp³-hybridized carbons (Fsp3) is 0.727. The molecular formula is C11H18N4S. The lowest BCUT2D eigenvalue weighted by Gasteiger charge is -2.29. The third-order valence-corrected chi connectivity index (χ3v) is 4.25. The summed E-state index contributed by atoms with van der Waals surface area (Å²) >= 11 is 1.98. The molecule has 16 heavy (non-hydrogen) atoms. The second-order valence-electron chi connectivity index (χ2n) is 4.60. The summed E-state index contributed by atoms with van der Waals surface area (Å²) in [4.78, 5) is 7.13. The van der Waals surface area contributed by atoms with E-state index in [4.69, 9.17) is 4.98 Å². The molecule has 0 saturated carbocycles. The minimum absolute atomic E-state index is 0.418. The van der Waals surface area contributed by atoms with Crippen molar-refractivity contribution in [2.24, 2.45) is 0 Å². The lowest BCUT2D eigenvalue weighted by Crippen LogP contribution is -2.43. The smallest absolute Gasteiger partial charge is 0.119 e. The van der Waals surface area contributed by atoms with Crippen LogP contribution in [0.15, 0.2) is 6.20 Å². The summed E-state index contributed by atoms with van der Waals surface area (Å²) < 4.78 is 2.32. The van der Waals surface area contributed by atoms with Crippen LogP contribution < -0.4 is 5.32 Å². The van der Waals surface area contributed by atoms with Gasteiger partial charge >= 0.3 is 0 Å². The lowest BCUT2D eigenvalue weighted by atomic mass is 10.1. The number of thioether (sulfide) groups is 1. The normalized spacial score (nSPS) is 26.7. The van der Waals surface area contributed by atoms with Crippen molar-refractivity contribution in [1.29, 1.82) is 0 Å². The maximum absolute atomic E-state index is 4.76. The second-order valence-corrected chi connectivity index (χ2v) is 5.70. The number of hydrogen-bond donors (Lipinski definition) is 1. The van der Waals surface area contributed by atoms with Crippen molar-refractivity contribution in [1.82, 2.24) is 19.8 Å². The van der Waals surface area contributed by atoms with Gasteiger partial charge in [-0.2, -0.15) is 11.8 Å². The van der Waals surface area contributed by atoms with Gasteiger partial charge in [-0.25, -0.2) is 4.98 Å². The Morgan fingerprint density at radius 2 is 2.44 bits per heavy atom. The minimum atomic E-state index is 0.418. The molecule has 1 atom stereocenters. The number of piperazine rings is 1. The van der Waals surface area contributed by atoms with E-state index in [9.17, 15) is 0 Å². The highest BCUT2D eigenvalue weighted by Crippen LogP contribution is 2.22. The van der Waals surface area contributed by atoms with Gasteiger partial charge in [0.25, 0.3) is 0 Å². The largest absolute Gasteiger partial charge is 0.333 e. The second kappa shape index (κ2) is 4.39. The molecule has 2 aliphatic rings. The molecular weight excluding hydrogens is 220 g/mol. The number of aryl methyl sites for hydroxylation is 1. The van der Waals surface area contributed by atoms with Gasteiger partial charge in [0, 0.05) is 38.1 Å². The molecule has 2 aliphatic heterocycles. The number of nitrogens with zero attached hydrogens (tertiary/aromatic N) is 3. The van der Waals surface area contributed by atoms with Gasteiger partial charge in [0.05, 0.1) is 17.5 Å². The Hall–Kier alpha value is -0.520. The van der Waals surface area contributed by atoms with E-state index in [0.29, 0.717) is 6.04 Å². The quantitative estimate of drug-likeness (QED) is 0.781. The van der Waals surface area contributed by atoms with Crippen molar-refractivity contribution in [3.05, 3.63) is 17.7 Å². The van der Waals surface area contributed by atoms with Crippen LogP contribution in [0.4, 0.5) is 0 Å². The summed E-state index contributed by atoms with van der Waals surface area (Å²) in [6.45, 7) is 4.40. The maximum atomic E-state index is 4.76. The first-order valence-corrected chi connectivity index (χ1v) is 7.04. The van der Waals surface area contributed by atoms with Gasteiger partial charge < -0.3 is 14.8 Å². The first kappa shape index (κ1) is 10.6. The number of hydrogen-bond acceptors (Lipinski definition) is 4. The number of rotatable bonds is 1. The highest BCUT2D eigenvalue weighted by atomic mass is 32.2. The molecule has 1 aromatic rings. The Kier molecular flexibility index (Phi) is 2.91. The standard InChI is InChI=1S/C11H18N4S/c1-14-3-2-12-9(6-14)10-7-15-4-5-16-8-11(15)13-10/h7,9,12H,2-6,8H2,1H3. The average Bonchev–Trinajstić information content (AvgIpc) is 2.72. The molecule has 0 amide bonds. The Labute approximate surface area is 100 Å². The molecule has 3 heterocycles. The molecule has 0 bridgehead atoms. The van der Waals surface area contributed by atoms with Crippen LogP contribution in [-0.4, -0.2) is 46.9 Å². The first-order valence-electron chi connectivity index (χ1n) is 5.88. The third kappa shape index (κ3) is 1.99. The zero-order valence-electron chi connectivity index (χ0n) is 9.65. The Bertz CT molecular complexity index is 353. The first-order chi connectivity index (χ1) is 7.83. The zero-order chi connectivity index (χ0) is 11.0. The van der Waals surface area contributed by atoms with E-state index in [0.717, 1.165) is 31.9 Å². The number of fused-ring (bicyclic) bond motifs is 1. The summed E-state index contributed by atoms with van der Waals surface area (Å²) in [6, 6.07) is 0.418. The van der Waals surface area contributed by atoms with Crippen molar-refractivity contribution in [2.45, 2.75) is 18.3 Å². The topological polar surface area (TPSA) is 33.1 Å². The van der Waals surface area contributed by atoms with E-state index >= 15 is 0 Å². The van der Waals surface area contributed by atoms with Gasteiger partial charge in [0.15, 0.2) is 0 Å². The van der Waals surface area contributed by atoms with Gasteiger partial charge in [-0.15, -0.1) is 0 Å². The van der Waals surface area contributed by atoms with E-state index in [1.165, 1.54) is 17.3 Å². The van der Waals surface area contributed by atoms with Crippen LogP contribution in [0.25, 0.3) is 0 Å². The van der Waals surface area contributed by atoms with E-state index in [1.807, 2.05) is 11.8 Å². The molecule has 1 fully saturated rings. The van der Waals surface area contributed by atoms with Gasteiger partial charge in [-0.05, 0) is 7.05 Å². The summed E-state index contributed by atoms with van der Waals surface area (Å²) in [7, 11) is 2.18. The van der Waals surface area contributed by atoms with Crippen molar-refractivity contribution in [2.75, 3.05) is 32.4 Å². The van der Waals surface area contributed by atoms with Crippen LogP contribution in [0, 0.1) is 0 Å². The summed E-state index contributed by atoms with van der Waals surface area (Å²) in [6.07, 6.45) is 2.24. The fourth-order valence-corrected chi connectivity index (χ4v) is 3.26. The Morgan fingerprint density at radius 1 is 1.50 bits per heavy atom. The predicted molar refractivity (Wildman–Crippen MR) is 66.6 cm³/mol. The summed E-state index contributed by atoms with van der Waals surface area (Å²) in [5.74, 6) is 3.55. The monoisotopic (exact) mass is 238 g/mol. The SMILES string of the molecule is CN1CCNC(c2cn3c(n2)CSCC3)C1. The molecule has 0 aliphatic carbocycles. The van der Waals surface area contributed by atoms with Crippen LogP contribution in [0.2, 0.25) is 0 Å². The van der Waals surface area contributed by atoms with E-state index < -0.39 is 0 Å². The molecule has 1 N–H and O–H groups in total. The fourth-order valence-electron chi connectivity index (χ4n) is 2.37.